The monoisotopic (exact) mass is 465 g/mol. The first-order valence-corrected chi connectivity index (χ1v) is 15.2. The van der Waals surface area contributed by atoms with Crippen LogP contribution >= 0.6 is 7.52 Å². The van der Waals surface area contributed by atoms with Crippen molar-refractivity contribution in [3.8, 4) is 17.2 Å². The maximum Gasteiger partial charge on any atom is 0.379 e. The van der Waals surface area contributed by atoms with Crippen molar-refractivity contribution in [2.45, 2.75) is 45.6 Å². The first-order valence-electron chi connectivity index (χ1n) is 9.85. The summed E-state index contributed by atoms with van der Waals surface area (Å²) in [6.07, 6.45) is -0.111. The van der Waals surface area contributed by atoms with Crippen molar-refractivity contribution >= 4 is 26.9 Å². The van der Waals surface area contributed by atoms with Crippen LogP contribution in [0.1, 0.15) is 24.2 Å². The molecule has 2 aromatic carbocycles. The Labute approximate surface area is 183 Å². The van der Waals surface area contributed by atoms with E-state index in [0.29, 0.717) is 29.4 Å². The van der Waals surface area contributed by atoms with E-state index in [1.54, 1.807) is 18.2 Å². The zero-order chi connectivity index (χ0) is 23.2. The van der Waals surface area contributed by atoms with Crippen LogP contribution in [0.4, 0.5) is 0 Å². The molecule has 0 aliphatic carbocycles. The number of nitrogens with zero attached hydrogens (tertiary/aromatic N) is 1. The Morgan fingerprint density at radius 1 is 1.06 bits per heavy atom. The molecule has 0 bridgehead atoms. The van der Waals surface area contributed by atoms with Crippen LogP contribution in [0.2, 0.25) is 25.7 Å². The van der Waals surface area contributed by atoms with Crippen LogP contribution in [0, 0.1) is 4.91 Å². The second-order valence-corrected chi connectivity index (χ2v) is 15.9. The van der Waals surface area contributed by atoms with Gasteiger partial charge in [-0.1, -0.05) is 19.6 Å². The average Bonchev–Trinajstić information content (AvgIpc) is 2.66. The van der Waals surface area contributed by atoms with E-state index in [9.17, 15) is 19.2 Å². The summed E-state index contributed by atoms with van der Waals surface area (Å²) in [5, 5.41) is -0.0987. The largest absolute Gasteiger partial charge is 0.491 e. The normalized spacial score (nSPS) is 13.4. The van der Waals surface area contributed by atoms with E-state index in [1.165, 1.54) is 24.3 Å². The molecule has 2 aromatic rings. The fraction of sp³-hybridized carbons (Fsp3) is 0.381. The van der Waals surface area contributed by atoms with Crippen LogP contribution in [0.15, 0.2) is 47.4 Å². The lowest BCUT2D eigenvalue weighted by molar-refractivity contribution is 0.0524. The number of benzene rings is 2. The third-order valence-electron chi connectivity index (χ3n) is 4.09. The summed E-state index contributed by atoms with van der Waals surface area (Å²) in [5.74, 6) is 0.662. The van der Waals surface area contributed by atoms with E-state index < -0.39 is 21.6 Å². The van der Waals surface area contributed by atoms with Gasteiger partial charge in [-0.05, 0) is 56.3 Å². The summed E-state index contributed by atoms with van der Waals surface area (Å²) in [7, 11) is -5.59. The van der Waals surface area contributed by atoms with E-state index in [0.717, 1.165) is 6.04 Å². The standard InChI is InChI=1S/C21H28NO7PSi/c1-15(2)28-18-12-16(21(23)27-10-11-31(3,4)5)13-19(14-18)29-17-6-8-20(9-7-17)30(25,26)22-24/h6-9,12-15H,10-11H2,1-5H3,(H,25,26). The Morgan fingerprint density at radius 3 is 2.23 bits per heavy atom. The molecule has 168 valence electrons. The van der Waals surface area contributed by atoms with Crippen LogP contribution in [-0.2, 0) is 9.30 Å². The third-order valence-corrected chi connectivity index (χ3v) is 6.99. The lowest BCUT2D eigenvalue weighted by atomic mass is 10.2. The minimum absolute atomic E-state index is 0.0987. The molecule has 10 heteroatoms. The molecule has 0 aromatic heterocycles. The van der Waals surface area contributed by atoms with Crippen molar-refractivity contribution < 1.29 is 28.5 Å². The number of hydrogen-bond acceptors (Lipinski definition) is 6. The van der Waals surface area contributed by atoms with Gasteiger partial charge in [0.1, 0.15) is 17.2 Å². The third kappa shape index (κ3) is 7.94. The van der Waals surface area contributed by atoms with Gasteiger partial charge in [0.15, 0.2) is 0 Å². The number of ether oxygens (including phenoxy) is 3. The van der Waals surface area contributed by atoms with Gasteiger partial charge in [-0.3, -0.25) is 4.57 Å². The summed E-state index contributed by atoms with van der Waals surface area (Å²) >= 11 is 0. The van der Waals surface area contributed by atoms with Crippen LogP contribution in [-0.4, -0.2) is 31.6 Å². The quantitative estimate of drug-likeness (QED) is 0.218. The van der Waals surface area contributed by atoms with Crippen LogP contribution in [0.25, 0.3) is 0 Å². The molecule has 0 fully saturated rings. The van der Waals surface area contributed by atoms with Crippen LogP contribution in [0.5, 0.6) is 17.2 Å². The summed E-state index contributed by atoms with van der Waals surface area (Å²) in [5.41, 5.74) is 0.297. The minimum Gasteiger partial charge on any atom is -0.491 e. The molecule has 8 nitrogen and oxygen atoms in total. The number of rotatable bonds is 10. The molecule has 0 saturated heterocycles. The van der Waals surface area contributed by atoms with Crippen molar-refractivity contribution in [1.29, 1.82) is 0 Å². The van der Waals surface area contributed by atoms with Gasteiger partial charge in [0.25, 0.3) is 0 Å². The molecule has 0 aliphatic heterocycles. The van der Waals surface area contributed by atoms with E-state index in [-0.39, 0.29) is 11.4 Å². The van der Waals surface area contributed by atoms with Gasteiger partial charge in [0.2, 0.25) is 0 Å². The van der Waals surface area contributed by atoms with E-state index in [4.69, 9.17) is 14.2 Å². The summed E-state index contributed by atoms with van der Waals surface area (Å²) in [4.78, 5) is 34.8. The molecule has 0 radical (unpaired) electrons. The Balaban J connectivity index is 2.23. The number of hydrogen-bond donors (Lipinski definition) is 1. The number of carbonyl (C=O) groups is 1. The molecular weight excluding hydrogens is 437 g/mol. The highest BCUT2D eigenvalue weighted by Gasteiger charge is 2.22. The molecule has 1 unspecified atom stereocenters. The Bertz CT molecular complexity index is 971. The SMILES string of the molecule is CC(C)Oc1cc(Oc2ccc(P(=O)(O)N=O)cc2)cc(C(=O)OCC[Si](C)(C)C)c1. The van der Waals surface area contributed by atoms with Crippen molar-refractivity contribution in [2.24, 2.45) is 4.95 Å². The first kappa shape index (κ1) is 24.8. The maximum atomic E-state index is 12.5. The van der Waals surface area contributed by atoms with E-state index in [1.807, 2.05) is 13.8 Å². The van der Waals surface area contributed by atoms with Gasteiger partial charge in [-0.2, -0.15) is 0 Å². The predicted molar refractivity (Wildman–Crippen MR) is 122 cm³/mol. The molecule has 31 heavy (non-hydrogen) atoms. The van der Waals surface area contributed by atoms with Gasteiger partial charge in [0, 0.05) is 19.1 Å². The van der Waals surface area contributed by atoms with Gasteiger partial charge >= 0.3 is 13.5 Å². The van der Waals surface area contributed by atoms with Gasteiger partial charge < -0.3 is 19.1 Å². The molecule has 0 spiro atoms. The lowest BCUT2D eigenvalue weighted by Gasteiger charge is -2.16. The molecule has 2 rings (SSSR count). The van der Waals surface area contributed by atoms with E-state index in [2.05, 4.69) is 24.6 Å². The van der Waals surface area contributed by atoms with Crippen molar-refractivity contribution in [3.63, 3.8) is 0 Å². The van der Waals surface area contributed by atoms with Gasteiger partial charge in [-0.25, -0.2) is 4.79 Å². The van der Waals surface area contributed by atoms with Crippen LogP contribution in [0.3, 0.4) is 0 Å². The van der Waals surface area contributed by atoms with E-state index >= 15 is 0 Å². The van der Waals surface area contributed by atoms with Crippen LogP contribution < -0.4 is 14.8 Å². The Kier molecular flexibility index (Phi) is 8.17. The fourth-order valence-corrected chi connectivity index (χ4v) is 3.86. The molecule has 0 amide bonds. The number of carbonyl (C=O) groups excluding carboxylic acids is 1. The topological polar surface area (TPSA) is 111 Å². The first-order chi connectivity index (χ1) is 14.4. The van der Waals surface area contributed by atoms with Gasteiger partial charge in [-0.15, -0.1) is 4.91 Å². The molecule has 1 N–H and O–H groups in total. The Hall–Kier alpha value is -2.48. The highest BCUT2D eigenvalue weighted by atomic mass is 31.2. The van der Waals surface area contributed by atoms with Crippen molar-refractivity contribution in [3.05, 3.63) is 52.9 Å². The lowest BCUT2D eigenvalue weighted by Crippen LogP contribution is -2.22. The molecule has 0 saturated carbocycles. The molecule has 0 aliphatic rings. The molecule has 1 atom stereocenters. The molecule has 0 heterocycles. The summed E-state index contributed by atoms with van der Waals surface area (Å²) in [6.45, 7) is 10.7. The second-order valence-electron chi connectivity index (χ2n) is 8.53. The highest BCUT2D eigenvalue weighted by Crippen LogP contribution is 2.40. The summed E-state index contributed by atoms with van der Waals surface area (Å²) < 4.78 is 28.6. The number of nitroso groups, excluding NO2 is 1. The van der Waals surface area contributed by atoms with Crippen molar-refractivity contribution in [1.82, 2.24) is 0 Å². The van der Waals surface area contributed by atoms with Gasteiger partial charge in [0.05, 0.1) is 23.6 Å². The van der Waals surface area contributed by atoms with Crippen molar-refractivity contribution in [2.75, 3.05) is 6.61 Å². The predicted octanol–water partition coefficient (Wildman–Crippen LogP) is 5.34. The number of esters is 1. The molecular formula is C21H28NO7PSi. The smallest absolute Gasteiger partial charge is 0.379 e. The second kappa shape index (κ2) is 10.2. The minimum atomic E-state index is -4.26. The Morgan fingerprint density at radius 2 is 1.68 bits per heavy atom. The zero-order valence-electron chi connectivity index (χ0n) is 18.3. The summed E-state index contributed by atoms with van der Waals surface area (Å²) in [6, 6.07) is 11.1. The highest BCUT2D eigenvalue weighted by molar-refractivity contribution is 7.64. The fourth-order valence-electron chi connectivity index (χ4n) is 2.51. The average molecular weight is 466 g/mol. The maximum absolute atomic E-state index is 12.5. The zero-order valence-corrected chi connectivity index (χ0v) is 20.2.